The molecule has 1 aliphatic heterocycles. The fourth-order valence-corrected chi connectivity index (χ4v) is 10.6. The summed E-state index contributed by atoms with van der Waals surface area (Å²) in [4.78, 5) is 15.4. The maximum atomic E-state index is 5.19. The minimum absolute atomic E-state index is 0.663. The van der Waals surface area contributed by atoms with Crippen LogP contribution in [-0.4, -0.2) is 23.0 Å². The van der Waals surface area contributed by atoms with Gasteiger partial charge in [0.2, 0.25) is 0 Å². The molecule has 4 heteroatoms. The molecule has 3 nitrogen and oxygen atoms in total. The highest BCUT2D eigenvalue weighted by Gasteiger charge is 2.38. The van der Waals surface area contributed by atoms with Gasteiger partial charge in [-0.3, -0.25) is 0 Å². The van der Waals surface area contributed by atoms with Crippen molar-refractivity contribution in [3.63, 3.8) is 0 Å². The second-order valence-corrected chi connectivity index (χ2v) is 17.1. The van der Waals surface area contributed by atoms with Gasteiger partial charge < -0.3 is 0 Å². The zero-order valence-corrected chi connectivity index (χ0v) is 27.3. The largest absolute Gasteiger partial charge is 0.208 e. The number of hydrogen-bond acceptors (Lipinski definition) is 3. The molecule has 0 N–H and O–H groups in total. The summed E-state index contributed by atoms with van der Waals surface area (Å²) in [5.41, 5.74) is 8.27. The first-order valence-electron chi connectivity index (χ1n) is 16.1. The smallest absolute Gasteiger partial charge is 0.165 e. The van der Waals surface area contributed by atoms with Crippen molar-refractivity contribution in [2.45, 2.75) is 13.1 Å². The Bertz CT molecular complexity index is 2370. The van der Waals surface area contributed by atoms with Crippen molar-refractivity contribution < 1.29 is 0 Å². The molecule has 0 fully saturated rings. The molecule has 0 aliphatic carbocycles. The van der Waals surface area contributed by atoms with E-state index in [4.69, 9.17) is 15.0 Å². The molecule has 2 heterocycles. The minimum Gasteiger partial charge on any atom is -0.208 e. The minimum atomic E-state index is -1.85. The molecule has 0 unspecified atom stereocenters. The monoisotopic (exact) mass is 617 g/mol. The number of rotatable bonds is 4. The Morgan fingerprint density at radius 2 is 0.766 bits per heavy atom. The lowest BCUT2D eigenvalue weighted by molar-refractivity contribution is 1.08. The standard InChI is InChI=1S/C43H31N3Si/c1-47(2)36-26-14-13-24-34(36)39-35(25-15-27-37(39)47)38-30-20-9-11-22-32(30)40(33-23-12-10-21-31(33)38)43-45-41(28-16-5-3-6-17-28)44-42(46-43)29-18-7-4-8-19-29/h3-27H,1-2H3. The van der Waals surface area contributed by atoms with E-state index in [2.05, 4.69) is 128 Å². The molecule has 1 aliphatic rings. The molecular formula is C43H31N3Si. The van der Waals surface area contributed by atoms with Crippen molar-refractivity contribution in [2.75, 3.05) is 0 Å². The Hall–Kier alpha value is -5.71. The molecule has 47 heavy (non-hydrogen) atoms. The van der Waals surface area contributed by atoms with E-state index in [-0.39, 0.29) is 0 Å². The number of hydrogen-bond donors (Lipinski definition) is 0. The predicted octanol–water partition coefficient (Wildman–Crippen LogP) is 9.65. The van der Waals surface area contributed by atoms with Crippen LogP contribution in [0.4, 0.5) is 0 Å². The van der Waals surface area contributed by atoms with E-state index in [1.165, 1.54) is 43.4 Å². The summed E-state index contributed by atoms with van der Waals surface area (Å²) >= 11 is 0. The van der Waals surface area contributed by atoms with Gasteiger partial charge in [-0.05, 0) is 54.2 Å². The summed E-state index contributed by atoms with van der Waals surface area (Å²) in [5.74, 6) is 2.00. The number of benzene rings is 7. The number of nitrogens with zero attached hydrogens (tertiary/aromatic N) is 3. The van der Waals surface area contributed by atoms with Crippen LogP contribution in [-0.2, 0) is 0 Å². The summed E-state index contributed by atoms with van der Waals surface area (Å²) in [6.07, 6.45) is 0. The predicted molar refractivity (Wildman–Crippen MR) is 199 cm³/mol. The van der Waals surface area contributed by atoms with E-state index in [9.17, 15) is 0 Å². The average molecular weight is 618 g/mol. The van der Waals surface area contributed by atoms with Crippen LogP contribution >= 0.6 is 0 Å². The van der Waals surface area contributed by atoms with Crippen molar-refractivity contribution in [3.8, 4) is 56.4 Å². The van der Waals surface area contributed by atoms with Crippen molar-refractivity contribution >= 4 is 40.0 Å². The first kappa shape index (κ1) is 27.6. The molecule has 0 radical (unpaired) electrons. The van der Waals surface area contributed by atoms with Crippen LogP contribution in [0.3, 0.4) is 0 Å². The van der Waals surface area contributed by atoms with E-state index >= 15 is 0 Å². The Balaban J connectivity index is 1.39. The topological polar surface area (TPSA) is 38.7 Å². The highest BCUT2D eigenvalue weighted by atomic mass is 28.3. The van der Waals surface area contributed by atoms with Crippen LogP contribution in [0.25, 0.3) is 78.0 Å². The Morgan fingerprint density at radius 1 is 0.340 bits per heavy atom. The number of fused-ring (bicyclic) bond motifs is 5. The van der Waals surface area contributed by atoms with Crippen LogP contribution in [0.5, 0.6) is 0 Å². The molecule has 0 saturated carbocycles. The zero-order valence-electron chi connectivity index (χ0n) is 26.3. The fraction of sp³-hybridized carbons (Fsp3) is 0.0465. The lowest BCUT2D eigenvalue weighted by atomic mass is 9.85. The molecular weight excluding hydrogens is 587 g/mol. The quantitative estimate of drug-likeness (QED) is 0.146. The van der Waals surface area contributed by atoms with Crippen LogP contribution < -0.4 is 10.4 Å². The molecule has 0 bridgehead atoms. The van der Waals surface area contributed by atoms with E-state index in [1.54, 1.807) is 0 Å². The summed E-state index contributed by atoms with van der Waals surface area (Å²) < 4.78 is 0. The maximum absolute atomic E-state index is 5.19. The Labute approximate surface area is 275 Å². The van der Waals surface area contributed by atoms with Gasteiger partial charge in [0.25, 0.3) is 0 Å². The average Bonchev–Trinajstić information content (AvgIpc) is 3.37. The third-order valence-corrected chi connectivity index (χ3v) is 13.3. The Kier molecular flexibility index (Phi) is 6.27. The van der Waals surface area contributed by atoms with Crippen LogP contribution in [0.2, 0.25) is 13.1 Å². The first-order valence-corrected chi connectivity index (χ1v) is 19.1. The van der Waals surface area contributed by atoms with Crippen molar-refractivity contribution in [1.82, 2.24) is 15.0 Å². The molecule has 0 amide bonds. The van der Waals surface area contributed by atoms with Crippen LogP contribution in [0, 0.1) is 0 Å². The second-order valence-electron chi connectivity index (χ2n) is 12.8. The SMILES string of the molecule is C[Si]1(C)c2ccccc2-c2c(-c3c4ccccc4c(-c4nc(-c5ccccc5)nc(-c5ccccc5)n4)c4ccccc34)cccc21. The van der Waals surface area contributed by atoms with Gasteiger partial charge in [-0.15, -0.1) is 0 Å². The first-order chi connectivity index (χ1) is 23.1. The van der Waals surface area contributed by atoms with Crippen LogP contribution in [0.1, 0.15) is 0 Å². The van der Waals surface area contributed by atoms with Gasteiger partial charge in [-0.1, -0.05) is 165 Å². The lowest BCUT2D eigenvalue weighted by Gasteiger charge is -2.21. The molecule has 1 aromatic heterocycles. The third kappa shape index (κ3) is 4.29. The molecule has 9 rings (SSSR count). The van der Waals surface area contributed by atoms with Crippen LogP contribution in [0.15, 0.2) is 152 Å². The second kappa shape index (κ2) is 10.7. The normalized spacial score (nSPS) is 13.1. The molecule has 222 valence electrons. The van der Waals surface area contributed by atoms with E-state index in [1.807, 2.05) is 36.4 Å². The fourth-order valence-electron chi connectivity index (χ4n) is 7.54. The van der Waals surface area contributed by atoms with Gasteiger partial charge in [0.1, 0.15) is 8.07 Å². The van der Waals surface area contributed by atoms with Gasteiger partial charge in [0.15, 0.2) is 17.5 Å². The van der Waals surface area contributed by atoms with Gasteiger partial charge in [0.05, 0.1) is 0 Å². The molecule has 0 saturated heterocycles. The molecule has 7 aromatic carbocycles. The number of aromatic nitrogens is 3. The molecule has 0 atom stereocenters. The van der Waals surface area contributed by atoms with E-state index in [0.29, 0.717) is 17.5 Å². The summed E-state index contributed by atoms with van der Waals surface area (Å²) in [7, 11) is -1.85. The summed E-state index contributed by atoms with van der Waals surface area (Å²) in [6.45, 7) is 4.96. The molecule has 8 aromatic rings. The zero-order chi connectivity index (χ0) is 31.5. The van der Waals surface area contributed by atoms with Crippen molar-refractivity contribution in [2.24, 2.45) is 0 Å². The lowest BCUT2D eigenvalue weighted by Crippen LogP contribution is -2.49. The van der Waals surface area contributed by atoms with Gasteiger partial charge in [-0.25, -0.2) is 15.0 Å². The summed E-state index contributed by atoms with van der Waals surface area (Å²) in [5, 5.41) is 7.67. The van der Waals surface area contributed by atoms with Gasteiger partial charge in [0, 0.05) is 16.7 Å². The van der Waals surface area contributed by atoms with Gasteiger partial charge in [-0.2, -0.15) is 0 Å². The highest BCUT2D eigenvalue weighted by molar-refractivity contribution is 7.04. The van der Waals surface area contributed by atoms with E-state index in [0.717, 1.165) is 27.5 Å². The summed E-state index contributed by atoms with van der Waals surface area (Å²) in [6, 6.07) is 53.9. The van der Waals surface area contributed by atoms with Gasteiger partial charge >= 0.3 is 0 Å². The highest BCUT2D eigenvalue weighted by Crippen LogP contribution is 2.46. The Morgan fingerprint density at radius 3 is 1.34 bits per heavy atom. The van der Waals surface area contributed by atoms with E-state index < -0.39 is 8.07 Å². The van der Waals surface area contributed by atoms with Crippen molar-refractivity contribution in [1.29, 1.82) is 0 Å². The maximum Gasteiger partial charge on any atom is 0.165 e. The van der Waals surface area contributed by atoms with Crippen molar-refractivity contribution in [3.05, 3.63) is 152 Å². The molecule has 0 spiro atoms. The third-order valence-electron chi connectivity index (χ3n) is 9.73.